The highest BCUT2D eigenvalue weighted by molar-refractivity contribution is 7.14. The van der Waals surface area contributed by atoms with Gasteiger partial charge < -0.3 is 10.5 Å². The lowest BCUT2D eigenvalue weighted by atomic mass is 10.0. The maximum absolute atomic E-state index is 13.7. The number of nitrogens with two attached hydrogens (primary N) is 1. The van der Waals surface area contributed by atoms with Crippen LogP contribution in [-0.2, 0) is 24.3 Å². The number of ether oxygens (including phenoxy) is 1. The molecule has 4 nitrogen and oxygen atoms in total. The van der Waals surface area contributed by atoms with Crippen molar-refractivity contribution in [3.63, 3.8) is 0 Å². The smallest absolute Gasteiger partial charge is 0.419 e. The molecule has 0 radical (unpaired) electrons. The monoisotopic (exact) mass is 517 g/mol. The van der Waals surface area contributed by atoms with E-state index >= 15 is 0 Å². The third kappa shape index (κ3) is 7.41. The summed E-state index contributed by atoms with van der Waals surface area (Å²) < 4.78 is 84.8. The number of aromatic nitrogens is 2. The van der Waals surface area contributed by atoms with Crippen molar-refractivity contribution >= 4 is 11.3 Å². The Balaban J connectivity index is 1.58. The average molecular weight is 518 g/mol. The molecule has 1 heterocycles. The van der Waals surface area contributed by atoms with E-state index in [1.54, 1.807) is 19.9 Å². The first-order chi connectivity index (χ1) is 16.2. The van der Waals surface area contributed by atoms with Gasteiger partial charge in [-0.1, -0.05) is 29.5 Å². The lowest BCUT2D eigenvalue weighted by Gasteiger charge is -2.15. The van der Waals surface area contributed by atoms with Gasteiger partial charge in [-0.3, -0.25) is 0 Å². The summed E-state index contributed by atoms with van der Waals surface area (Å²) in [6, 6.07) is 8.85. The Morgan fingerprint density at radius 3 is 2.26 bits per heavy atom. The second-order valence-electron chi connectivity index (χ2n) is 8.70. The Kier molecular flexibility index (Phi) is 8.10. The molecule has 190 valence electrons. The van der Waals surface area contributed by atoms with Crippen LogP contribution in [0.3, 0.4) is 0 Å². The quantitative estimate of drug-likeness (QED) is 0.240. The van der Waals surface area contributed by atoms with Crippen molar-refractivity contribution in [1.82, 2.24) is 10.2 Å². The minimum absolute atomic E-state index is 0.0509. The predicted octanol–water partition coefficient (Wildman–Crippen LogP) is 7.23. The number of hydrogen-bond donors (Lipinski definition) is 1. The fraction of sp³-hybridized carbons (Fsp3) is 0.417. The number of nitrogens with zero attached hydrogens (tertiary/aromatic N) is 2. The number of rotatable bonds is 9. The highest BCUT2D eigenvalue weighted by atomic mass is 32.1. The largest absolute Gasteiger partial charge is 0.493 e. The lowest BCUT2D eigenvalue weighted by Crippen LogP contribution is -2.28. The van der Waals surface area contributed by atoms with Crippen molar-refractivity contribution in [2.45, 2.75) is 57.4 Å². The molecule has 3 rings (SSSR count). The molecule has 0 aliphatic heterocycles. The van der Waals surface area contributed by atoms with Crippen LogP contribution in [0.1, 0.15) is 54.8 Å². The van der Waals surface area contributed by atoms with Gasteiger partial charge in [0.15, 0.2) is 0 Å². The normalized spacial score (nSPS) is 12.7. The Bertz CT molecular complexity index is 1140. The molecule has 11 heteroatoms. The Morgan fingerprint density at radius 2 is 1.63 bits per heavy atom. The molecule has 0 unspecified atom stereocenters. The van der Waals surface area contributed by atoms with Gasteiger partial charge in [-0.25, -0.2) is 0 Å². The zero-order valence-electron chi connectivity index (χ0n) is 19.1. The SMILES string of the molecule is CC(C)(N)c1nnc(-c2ccc(OCCCCCc3cccc(C(F)(F)F)c3)c(C(F)(F)F)c2)s1. The lowest BCUT2D eigenvalue weighted by molar-refractivity contribution is -0.139. The number of unbranched alkanes of at least 4 members (excludes halogenated alkanes) is 2. The summed E-state index contributed by atoms with van der Waals surface area (Å²) in [7, 11) is 0. The van der Waals surface area contributed by atoms with E-state index in [9.17, 15) is 26.3 Å². The molecule has 35 heavy (non-hydrogen) atoms. The molecule has 0 aliphatic carbocycles. The molecule has 0 saturated heterocycles. The molecule has 0 aliphatic rings. The Hall–Kier alpha value is -2.66. The van der Waals surface area contributed by atoms with Crippen molar-refractivity contribution in [1.29, 1.82) is 0 Å². The number of alkyl halides is 6. The molecule has 2 N–H and O–H groups in total. The van der Waals surface area contributed by atoms with Gasteiger partial charge in [-0.15, -0.1) is 10.2 Å². The fourth-order valence-electron chi connectivity index (χ4n) is 3.30. The van der Waals surface area contributed by atoms with Crippen molar-refractivity contribution in [3.8, 4) is 16.3 Å². The van der Waals surface area contributed by atoms with Crippen molar-refractivity contribution in [3.05, 3.63) is 64.2 Å². The van der Waals surface area contributed by atoms with E-state index in [1.807, 2.05) is 0 Å². The molecule has 0 amide bonds. The van der Waals surface area contributed by atoms with Crippen LogP contribution in [0.5, 0.6) is 5.75 Å². The van der Waals surface area contributed by atoms with E-state index in [4.69, 9.17) is 10.5 Å². The molecule has 0 spiro atoms. The van der Waals surface area contributed by atoms with E-state index in [0.29, 0.717) is 41.3 Å². The van der Waals surface area contributed by atoms with Crippen LogP contribution < -0.4 is 10.5 Å². The topological polar surface area (TPSA) is 61.0 Å². The molecule has 0 bridgehead atoms. The highest BCUT2D eigenvalue weighted by Gasteiger charge is 2.35. The third-order valence-corrected chi connectivity index (χ3v) is 6.44. The van der Waals surface area contributed by atoms with E-state index in [1.165, 1.54) is 18.2 Å². The Labute approximate surface area is 203 Å². The maximum Gasteiger partial charge on any atom is 0.419 e. The summed E-state index contributed by atoms with van der Waals surface area (Å²) in [6.07, 6.45) is -6.94. The molecular formula is C24H25F6N3OS. The first-order valence-electron chi connectivity index (χ1n) is 10.9. The Morgan fingerprint density at radius 1 is 0.886 bits per heavy atom. The van der Waals surface area contributed by atoms with Gasteiger partial charge in [0.25, 0.3) is 0 Å². The second-order valence-corrected chi connectivity index (χ2v) is 9.68. The van der Waals surface area contributed by atoms with Gasteiger partial charge in [-0.05, 0) is 69.4 Å². The van der Waals surface area contributed by atoms with Gasteiger partial charge in [0.2, 0.25) is 0 Å². The zero-order chi connectivity index (χ0) is 25.9. The van der Waals surface area contributed by atoms with E-state index in [-0.39, 0.29) is 17.9 Å². The van der Waals surface area contributed by atoms with Crippen LogP contribution in [0.15, 0.2) is 42.5 Å². The van der Waals surface area contributed by atoms with Crippen LogP contribution in [0.25, 0.3) is 10.6 Å². The van der Waals surface area contributed by atoms with Crippen LogP contribution in [0.2, 0.25) is 0 Å². The number of hydrogen-bond acceptors (Lipinski definition) is 5. The summed E-state index contributed by atoms with van der Waals surface area (Å²) in [6.45, 7) is 3.51. The molecule has 1 aromatic heterocycles. The predicted molar refractivity (Wildman–Crippen MR) is 122 cm³/mol. The zero-order valence-corrected chi connectivity index (χ0v) is 19.9. The van der Waals surface area contributed by atoms with Crippen molar-refractivity contribution < 1.29 is 31.1 Å². The minimum atomic E-state index is -4.63. The van der Waals surface area contributed by atoms with Gasteiger partial charge in [0, 0.05) is 5.56 Å². The average Bonchev–Trinajstić information content (AvgIpc) is 3.26. The summed E-state index contributed by atoms with van der Waals surface area (Å²) >= 11 is 1.13. The third-order valence-electron chi connectivity index (χ3n) is 5.13. The van der Waals surface area contributed by atoms with Gasteiger partial charge >= 0.3 is 12.4 Å². The van der Waals surface area contributed by atoms with Crippen molar-refractivity contribution in [2.24, 2.45) is 5.73 Å². The fourth-order valence-corrected chi connectivity index (χ4v) is 4.16. The maximum atomic E-state index is 13.7. The second kappa shape index (κ2) is 10.5. The minimum Gasteiger partial charge on any atom is -0.493 e. The summed E-state index contributed by atoms with van der Waals surface area (Å²) in [5.74, 6) is -0.289. The van der Waals surface area contributed by atoms with Crippen LogP contribution >= 0.6 is 11.3 Å². The molecule has 0 atom stereocenters. The van der Waals surface area contributed by atoms with Crippen LogP contribution in [-0.4, -0.2) is 16.8 Å². The molecule has 0 saturated carbocycles. The van der Waals surface area contributed by atoms with E-state index in [2.05, 4.69) is 10.2 Å². The van der Waals surface area contributed by atoms with Gasteiger partial charge in [0.05, 0.1) is 23.3 Å². The summed E-state index contributed by atoms with van der Waals surface area (Å²) in [4.78, 5) is 0. The van der Waals surface area contributed by atoms with Crippen LogP contribution in [0.4, 0.5) is 26.3 Å². The van der Waals surface area contributed by atoms with Crippen LogP contribution in [0, 0.1) is 0 Å². The summed E-state index contributed by atoms with van der Waals surface area (Å²) in [5.41, 5.74) is 4.44. The van der Waals surface area contributed by atoms with E-state index < -0.39 is 29.0 Å². The standard InChI is InChI=1S/C24H25F6N3OS/c1-22(2,31)21-33-32-20(35-21)16-10-11-19(18(14-16)24(28,29)30)34-12-5-3-4-7-15-8-6-9-17(13-15)23(25,26)27/h6,8-11,13-14H,3-5,7,12,31H2,1-2H3. The number of aryl methyl sites for hydroxylation is 1. The molecule has 2 aromatic carbocycles. The first-order valence-corrected chi connectivity index (χ1v) is 11.7. The van der Waals surface area contributed by atoms with E-state index in [0.717, 1.165) is 29.5 Å². The molecule has 3 aromatic rings. The number of halogens is 6. The van der Waals surface area contributed by atoms with Crippen molar-refractivity contribution in [2.75, 3.05) is 6.61 Å². The first kappa shape index (κ1) is 26.9. The van der Waals surface area contributed by atoms with Gasteiger partial charge in [-0.2, -0.15) is 26.3 Å². The van der Waals surface area contributed by atoms with Gasteiger partial charge in [0.1, 0.15) is 15.8 Å². The molecular weight excluding hydrogens is 492 g/mol. The highest BCUT2D eigenvalue weighted by Crippen LogP contribution is 2.40. The summed E-state index contributed by atoms with van der Waals surface area (Å²) in [5, 5.41) is 8.76. The number of benzene rings is 2. The molecule has 0 fully saturated rings.